The highest BCUT2D eigenvalue weighted by atomic mass is 35.5. The van der Waals surface area contributed by atoms with E-state index in [2.05, 4.69) is 21.7 Å². The number of hydrogen-bond acceptors (Lipinski definition) is 5. The average Bonchev–Trinajstić information content (AvgIpc) is 3.59. The van der Waals surface area contributed by atoms with Crippen LogP contribution in [0.3, 0.4) is 0 Å². The van der Waals surface area contributed by atoms with E-state index in [1.165, 1.54) is 0 Å². The van der Waals surface area contributed by atoms with Crippen molar-refractivity contribution in [3.05, 3.63) is 28.9 Å². The summed E-state index contributed by atoms with van der Waals surface area (Å²) in [6, 6.07) is 5.83. The first-order chi connectivity index (χ1) is 17.6. The Bertz CT molecular complexity index is 1300. The topological polar surface area (TPSA) is 127 Å². The van der Waals surface area contributed by atoms with Gasteiger partial charge in [0.05, 0.1) is 18.7 Å². The summed E-state index contributed by atoms with van der Waals surface area (Å²) in [5.41, 5.74) is 0.703. The molecule has 1 aromatic carbocycles. The lowest BCUT2D eigenvalue weighted by atomic mass is 9.91. The van der Waals surface area contributed by atoms with Crippen molar-refractivity contribution in [1.82, 2.24) is 20.5 Å². The maximum absolute atomic E-state index is 13.7. The molecule has 0 unspecified atom stereocenters. The number of ether oxygens (including phenoxy) is 1. The van der Waals surface area contributed by atoms with Crippen molar-refractivity contribution in [1.29, 1.82) is 5.26 Å². The van der Waals surface area contributed by atoms with Crippen molar-refractivity contribution in [3.63, 3.8) is 0 Å². The van der Waals surface area contributed by atoms with Gasteiger partial charge >= 0.3 is 0 Å². The molecule has 0 radical (unpaired) electrons. The Balaban J connectivity index is 1.37. The van der Waals surface area contributed by atoms with Gasteiger partial charge in [-0.3, -0.25) is 14.4 Å². The van der Waals surface area contributed by atoms with Gasteiger partial charge in [-0.25, -0.2) is 0 Å². The van der Waals surface area contributed by atoms with Crippen molar-refractivity contribution >= 4 is 40.2 Å². The number of aromatic nitrogens is 1. The van der Waals surface area contributed by atoms with E-state index in [0.717, 1.165) is 24.6 Å². The number of amides is 3. The minimum Gasteiger partial charge on any atom is -0.496 e. The van der Waals surface area contributed by atoms with Crippen molar-refractivity contribution in [2.75, 3.05) is 13.7 Å². The first-order valence-corrected chi connectivity index (χ1v) is 13.2. The van der Waals surface area contributed by atoms with Crippen LogP contribution in [0, 0.1) is 29.1 Å². The van der Waals surface area contributed by atoms with Crippen molar-refractivity contribution < 1.29 is 19.1 Å². The second kappa shape index (κ2) is 9.56. The van der Waals surface area contributed by atoms with Crippen LogP contribution in [0.2, 0.25) is 5.02 Å². The van der Waals surface area contributed by atoms with Crippen molar-refractivity contribution in [2.45, 2.75) is 63.6 Å². The lowest BCUT2D eigenvalue weighted by molar-refractivity contribution is -0.127. The minimum atomic E-state index is -0.811. The molecule has 37 heavy (non-hydrogen) atoms. The number of nitrogens with one attached hydrogen (secondary N) is 3. The zero-order valence-electron chi connectivity index (χ0n) is 21.3. The van der Waals surface area contributed by atoms with Crippen LogP contribution < -0.4 is 15.4 Å². The Kier molecular flexibility index (Phi) is 6.57. The Hall–Kier alpha value is -3.25. The standard InChI is InChI=1S/C27H32ClN5O4/c1-27(2)11-15(24(34)32-27)7-17(12-29)30-25(35)23-18-6-4-5-14(18)13-33(23)26(36)21-10-19-20(31-21)8-16(28)9-22(19)37-3/h8-10,14-15,17-18,23,31H,4-7,11,13H2,1-3H3,(H,30,35)(H,32,34)/t14-,15+,17-,18-,23-/m0/s1. The number of benzene rings is 1. The molecule has 2 aliphatic heterocycles. The SMILES string of the molecule is COc1cc(Cl)cc2[nH]c(C(=O)N3C[C@@H]4CCC[C@@H]4[C@H]3C(=O)N[C@H](C#N)C[C@@H]3CC(C)(C)NC3=O)cc12. The van der Waals surface area contributed by atoms with Gasteiger partial charge < -0.3 is 25.3 Å². The molecule has 3 N–H and O–H groups in total. The summed E-state index contributed by atoms with van der Waals surface area (Å²) in [7, 11) is 1.55. The number of likely N-dealkylation sites (tertiary alicyclic amines) is 1. The van der Waals surface area contributed by atoms with Crippen molar-refractivity contribution in [2.24, 2.45) is 17.8 Å². The van der Waals surface area contributed by atoms with Gasteiger partial charge in [-0.05, 0) is 69.6 Å². The summed E-state index contributed by atoms with van der Waals surface area (Å²) in [6.45, 7) is 4.38. The summed E-state index contributed by atoms with van der Waals surface area (Å²) < 4.78 is 5.43. The number of hydrogen-bond donors (Lipinski definition) is 3. The third-order valence-electron chi connectivity index (χ3n) is 8.12. The zero-order valence-corrected chi connectivity index (χ0v) is 22.0. The number of methoxy groups -OCH3 is 1. The summed E-state index contributed by atoms with van der Waals surface area (Å²) in [6.07, 6.45) is 3.69. The number of carbonyl (C=O) groups is 3. The monoisotopic (exact) mass is 525 g/mol. The Morgan fingerprint density at radius 1 is 1.32 bits per heavy atom. The molecule has 2 aromatic rings. The summed E-state index contributed by atoms with van der Waals surface area (Å²) in [5, 5.41) is 16.8. The molecule has 0 bridgehead atoms. The third kappa shape index (κ3) is 4.75. The third-order valence-corrected chi connectivity index (χ3v) is 8.33. The molecule has 5 rings (SSSR count). The molecule has 5 atom stereocenters. The van der Waals surface area contributed by atoms with Crippen LogP contribution in [0.25, 0.3) is 10.9 Å². The van der Waals surface area contributed by atoms with Gasteiger partial charge in [-0.1, -0.05) is 18.0 Å². The Labute approximate surface area is 220 Å². The lowest BCUT2D eigenvalue weighted by Gasteiger charge is -2.28. The van der Waals surface area contributed by atoms with Gasteiger partial charge in [0.15, 0.2) is 0 Å². The molecule has 2 saturated heterocycles. The molecular formula is C27H32ClN5O4. The molecule has 3 amide bonds. The fraction of sp³-hybridized carbons (Fsp3) is 0.556. The number of aromatic amines is 1. The number of nitrogens with zero attached hydrogens (tertiary/aromatic N) is 2. The van der Waals surface area contributed by atoms with Crippen LogP contribution in [-0.4, -0.2) is 58.9 Å². The fourth-order valence-electron chi connectivity index (χ4n) is 6.53. The van der Waals surface area contributed by atoms with Gasteiger partial charge in [-0.15, -0.1) is 0 Å². The van der Waals surface area contributed by atoms with Crippen LogP contribution in [0.5, 0.6) is 5.75 Å². The van der Waals surface area contributed by atoms with E-state index >= 15 is 0 Å². The van der Waals surface area contributed by atoms with E-state index in [0.29, 0.717) is 34.9 Å². The van der Waals surface area contributed by atoms with E-state index in [4.69, 9.17) is 16.3 Å². The highest BCUT2D eigenvalue weighted by Gasteiger charge is 2.50. The van der Waals surface area contributed by atoms with E-state index in [9.17, 15) is 19.6 Å². The number of fused-ring (bicyclic) bond motifs is 2. The summed E-state index contributed by atoms with van der Waals surface area (Å²) in [4.78, 5) is 44.5. The largest absolute Gasteiger partial charge is 0.496 e. The molecule has 10 heteroatoms. The van der Waals surface area contributed by atoms with Crippen LogP contribution in [0.4, 0.5) is 0 Å². The van der Waals surface area contributed by atoms with Crippen LogP contribution >= 0.6 is 11.6 Å². The summed E-state index contributed by atoms with van der Waals surface area (Å²) in [5.74, 6) is -0.184. The lowest BCUT2D eigenvalue weighted by Crippen LogP contribution is -2.51. The number of halogens is 1. The Morgan fingerprint density at radius 2 is 2.11 bits per heavy atom. The molecule has 3 heterocycles. The first kappa shape index (κ1) is 25.4. The molecule has 3 fully saturated rings. The summed E-state index contributed by atoms with van der Waals surface area (Å²) >= 11 is 6.20. The van der Waals surface area contributed by atoms with Gasteiger partial charge in [0.25, 0.3) is 5.91 Å². The van der Waals surface area contributed by atoms with Crippen LogP contribution in [-0.2, 0) is 9.59 Å². The maximum Gasteiger partial charge on any atom is 0.271 e. The van der Waals surface area contributed by atoms with E-state index in [1.807, 2.05) is 13.8 Å². The minimum absolute atomic E-state index is 0.0466. The molecule has 1 saturated carbocycles. The average molecular weight is 526 g/mol. The zero-order chi connectivity index (χ0) is 26.5. The van der Waals surface area contributed by atoms with Gasteiger partial charge in [0, 0.05) is 28.4 Å². The van der Waals surface area contributed by atoms with E-state index in [-0.39, 0.29) is 47.4 Å². The number of carbonyl (C=O) groups excluding carboxylic acids is 3. The van der Waals surface area contributed by atoms with E-state index < -0.39 is 12.1 Å². The van der Waals surface area contributed by atoms with E-state index in [1.54, 1.807) is 30.2 Å². The highest BCUT2D eigenvalue weighted by molar-refractivity contribution is 6.31. The number of rotatable bonds is 6. The fourth-order valence-corrected chi connectivity index (χ4v) is 6.74. The molecule has 3 aliphatic rings. The van der Waals surface area contributed by atoms with Gasteiger partial charge in [0.2, 0.25) is 11.8 Å². The molecule has 0 spiro atoms. The molecule has 1 aliphatic carbocycles. The van der Waals surface area contributed by atoms with Crippen molar-refractivity contribution in [3.8, 4) is 11.8 Å². The second-order valence-corrected chi connectivity index (χ2v) is 11.6. The predicted molar refractivity (Wildman–Crippen MR) is 138 cm³/mol. The first-order valence-electron chi connectivity index (χ1n) is 12.8. The predicted octanol–water partition coefficient (Wildman–Crippen LogP) is 3.38. The van der Waals surface area contributed by atoms with Crippen LogP contribution in [0.15, 0.2) is 18.2 Å². The molecule has 9 nitrogen and oxygen atoms in total. The van der Waals surface area contributed by atoms with Crippen LogP contribution in [0.1, 0.15) is 56.4 Å². The Morgan fingerprint density at radius 3 is 2.78 bits per heavy atom. The second-order valence-electron chi connectivity index (χ2n) is 11.2. The highest BCUT2D eigenvalue weighted by Crippen LogP contribution is 2.43. The molecule has 1 aromatic heterocycles. The number of nitriles is 1. The molecule has 196 valence electrons. The quantitative estimate of drug-likeness (QED) is 0.532. The number of H-pyrrole nitrogens is 1. The smallest absolute Gasteiger partial charge is 0.271 e. The molecular weight excluding hydrogens is 494 g/mol. The normalized spacial score (nSPS) is 27.0. The van der Waals surface area contributed by atoms with Gasteiger partial charge in [-0.2, -0.15) is 5.26 Å². The van der Waals surface area contributed by atoms with Gasteiger partial charge in [0.1, 0.15) is 23.5 Å². The maximum atomic E-state index is 13.7.